The summed E-state index contributed by atoms with van der Waals surface area (Å²) in [6.07, 6.45) is 0. The Kier molecular flexibility index (Phi) is 4.75. The van der Waals surface area contributed by atoms with E-state index in [1.54, 1.807) is 0 Å². The molecule has 0 radical (unpaired) electrons. The molecule has 0 aromatic heterocycles. The third-order valence-corrected chi connectivity index (χ3v) is 3.94. The Morgan fingerprint density at radius 2 is 1.72 bits per heavy atom. The molecule has 18 heavy (non-hydrogen) atoms. The van der Waals surface area contributed by atoms with Crippen molar-refractivity contribution in [3.63, 3.8) is 0 Å². The summed E-state index contributed by atoms with van der Waals surface area (Å²) in [4.78, 5) is 4.92. The van der Waals surface area contributed by atoms with Crippen molar-refractivity contribution in [3.05, 3.63) is 35.9 Å². The van der Waals surface area contributed by atoms with Gasteiger partial charge in [0.1, 0.15) is 0 Å². The van der Waals surface area contributed by atoms with E-state index in [4.69, 9.17) is 5.73 Å². The van der Waals surface area contributed by atoms with Crippen LogP contribution in [-0.4, -0.2) is 49.6 Å². The van der Waals surface area contributed by atoms with Gasteiger partial charge in [-0.25, -0.2) is 0 Å². The van der Waals surface area contributed by atoms with E-state index in [1.807, 2.05) is 6.07 Å². The van der Waals surface area contributed by atoms with Crippen molar-refractivity contribution < 1.29 is 0 Å². The van der Waals surface area contributed by atoms with Crippen LogP contribution in [0.4, 0.5) is 0 Å². The second kappa shape index (κ2) is 6.32. The van der Waals surface area contributed by atoms with Crippen LogP contribution in [0.25, 0.3) is 0 Å². The molecule has 0 spiro atoms. The van der Waals surface area contributed by atoms with Crippen molar-refractivity contribution >= 4 is 0 Å². The van der Waals surface area contributed by atoms with E-state index in [2.05, 4.69) is 48.0 Å². The Morgan fingerprint density at radius 3 is 2.33 bits per heavy atom. The maximum Gasteiger partial charge on any atom is 0.0333 e. The lowest BCUT2D eigenvalue weighted by atomic mass is 9.95. The van der Waals surface area contributed by atoms with E-state index in [9.17, 15) is 0 Å². The van der Waals surface area contributed by atoms with Crippen molar-refractivity contribution in [2.45, 2.75) is 13.0 Å². The van der Waals surface area contributed by atoms with Crippen molar-refractivity contribution in [3.8, 4) is 0 Å². The molecule has 0 amide bonds. The van der Waals surface area contributed by atoms with Gasteiger partial charge in [-0.3, -0.25) is 0 Å². The van der Waals surface area contributed by atoms with Crippen LogP contribution in [0.5, 0.6) is 0 Å². The molecule has 1 saturated heterocycles. The predicted molar refractivity (Wildman–Crippen MR) is 76.5 cm³/mol. The van der Waals surface area contributed by atoms with Gasteiger partial charge in [0.05, 0.1) is 0 Å². The summed E-state index contributed by atoms with van der Waals surface area (Å²) in [6.45, 7) is 8.05. The average molecular weight is 247 g/mol. The molecule has 0 bridgehead atoms. The third-order valence-electron chi connectivity index (χ3n) is 3.94. The highest BCUT2D eigenvalue weighted by atomic mass is 15.2. The van der Waals surface area contributed by atoms with Crippen LogP contribution >= 0.6 is 0 Å². The zero-order valence-electron chi connectivity index (χ0n) is 11.5. The Balaban J connectivity index is 1.86. The topological polar surface area (TPSA) is 32.5 Å². The van der Waals surface area contributed by atoms with Crippen LogP contribution in [0.15, 0.2) is 30.3 Å². The van der Waals surface area contributed by atoms with E-state index in [-0.39, 0.29) is 6.04 Å². The number of likely N-dealkylation sites (N-methyl/N-ethyl adjacent to an activating group) is 1. The highest BCUT2D eigenvalue weighted by molar-refractivity contribution is 5.19. The van der Waals surface area contributed by atoms with Crippen LogP contribution in [0.1, 0.15) is 18.5 Å². The van der Waals surface area contributed by atoms with Crippen LogP contribution in [0.2, 0.25) is 0 Å². The van der Waals surface area contributed by atoms with Gasteiger partial charge < -0.3 is 15.5 Å². The standard InChI is InChI=1S/C15H25N3/c1-13(12-18-10-8-17(2)9-11-18)15(16)14-6-4-3-5-7-14/h3-7,13,15H,8-12,16H2,1-2H3. The van der Waals surface area contributed by atoms with Gasteiger partial charge in [0.25, 0.3) is 0 Å². The number of nitrogens with zero attached hydrogens (tertiary/aromatic N) is 2. The molecule has 1 aromatic carbocycles. The number of piperazine rings is 1. The minimum absolute atomic E-state index is 0.144. The third kappa shape index (κ3) is 3.55. The van der Waals surface area contributed by atoms with Gasteiger partial charge in [0.15, 0.2) is 0 Å². The first-order valence-electron chi connectivity index (χ1n) is 6.88. The van der Waals surface area contributed by atoms with Gasteiger partial charge in [-0.1, -0.05) is 37.3 Å². The van der Waals surface area contributed by atoms with Crippen molar-refractivity contribution in [1.29, 1.82) is 0 Å². The molecule has 100 valence electrons. The zero-order chi connectivity index (χ0) is 13.0. The molecular weight excluding hydrogens is 222 g/mol. The average Bonchev–Trinajstić information content (AvgIpc) is 2.41. The molecule has 2 rings (SSSR count). The molecule has 0 saturated carbocycles. The van der Waals surface area contributed by atoms with E-state index >= 15 is 0 Å². The fraction of sp³-hybridized carbons (Fsp3) is 0.600. The second-order valence-corrected chi connectivity index (χ2v) is 5.52. The highest BCUT2D eigenvalue weighted by Crippen LogP contribution is 2.20. The molecule has 1 aromatic rings. The van der Waals surface area contributed by atoms with Crippen molar-refractivity contribution in [1.82, 2.24) is 9.80 Å². The molecule has 0 aliphatic carbocycles. The molecule has 1 heterocycles. The summed E-state index contributed by atoms with van der Waals surface area (Å²) in [5.41, 5.74) is 7.60. The molecule has 1 fully saturated rings. The smallest absolute Gasteiger partial charge is 0.0333 e. The predicted octanol–water partition coefficient (Wildman–Crippen LogP) is 1.57. The fourth-order valence-electron chi connectivity index (χ4n) is 2.56. The largest absolute Gasteiger partial charge is 0.324 e. The number of hydrogen-bond acceptors (Lipinski definition) is 3. The first-order valence-corrected chi connectivity index (χ1v) is 6.88. The van der Waals surface area contributed by atoms with Gasteiger partial charge in [0, 0.05) is 38.8 Å². The van der Waals surface area contributed by atoms with Crippen LogP contribution in [0, 0.1) is 5.92 Å². The number of benzene rings is 1. The van der Waals surface area contributed by atoms with Gasteiger partial charge in [0.2, 0.25) is 0 Å². The molecular formula is C15H25N3. The normalized spacial score (nSPS) is 21.7. The lowest BCUT2D eigenvalue weighted by Gasteiger charge is -2.35. The van der Waals surface area contributed by atoms with Crippen molar-refractivity contribution in [2.75, 3.05) is 39.8 Å². The molecule has 1 aliphatic heterocycles. The van der Waals surface area contributed by atoms with Crippen LogP contribution < -0.4 is 5.73 Å². The van der Waals surface area contributed by atoms with Gasteiger partial charge in [-0.05, 0) is 18.5 Å². The summed E-state index contributed by atoms with van der Waals surface area (Å²) in [7, 11) is 2.19. The molecule has 2 N–H and O–H groups in total. The lowest BCUT2D eigenvalue weighted by Crippen LogP contribution is -2.46. The highest BCUT2D eigenvalue weighted by Gasteiger charge is 2.20. The van der Waals surface area contributed by atoms with E-state index < -0.39 is 0 Å². The van der Waals surface area contributed by atoms with Crippen molar-refractivity contribution in [2.24, 2.45) is 11.7 Å². The second-order valence-electron chi connectivity index (χ2n) is 5.52. The van der Waals surface area contributed by atoms with Gasteiger partial charge in [-0.2, -0.15) is 0 Å². The molecule has 2 unspecified atom stereocenters. The van der Waals surface area contributed by atoms with Gasteiger partial charge in [-0.15, -0.1) is 0 Å². The maximum absolute atomic E-state index is 6.35. The summed E-state index contributed by atoms with van der Waals surface area (Å²) in [5, 5.41) is 0. The number of nitrogens with two attached hydrogens (primary N) is 1. The molecule has 2 atom stereocenters. The fourth-order valence-corrected chi connectivity index (χ4v) is 2.56. The monoisotopic (exact) mass is 247 g/mol. The minimum Gasteiger partial charge on any atom is -0.324 e. The Hall–Kier alpha value is -0.900. The molecule has 1 aliphatic rings. The number of hydrogen-bond donors (Lipinski definition) is 1. The van der Waals surface area contributed by atoms with Gasteiger partial charge >= 0.3 is 0 Å². The Morgan fingerprint density at radius 1 is 1.11 bits per heavy atom. The Bertz CT molecular complexity index is 344. The SMILES string of the molecule is CC(CN1CCN(C)CC1)C(N)c1ccccc1. The first kappa shape index (κ1) is 13.5. The van der Waals surface area contributed by atoms with E-state index in [0.29, 0.717) is 5.92 Å². The maximum atomic E-state index is 6.35. The summed E-state index contributed by atoms with van der Waals surface area (Å²) >= 11 is 0. The summed E-state index contributed by atoms with van der Waals surface area (Å²) in [5.74, 6) is 0.496. The molecule has 3 heteroatoms. The Labute approximate surface area is 111 Å². The quantitative estimate of drug-likeness (QED) is 0.876. The zero-order valence-corrected chi connectivity index (χ0v) is 11.5. The van der Waals surface area contributed by atoms with Crippen LogP contribution in [0.3, 0.4) is 0 Å². The van der Waals surface area contributed by atoms with E-state index in [1.165, 1.54) is 31.7 Å². The summed E-state index contributed by atoms with van der Waals surface area (Å²) in [6, 6.07) is 10.6. The first-order chi connectivity index (χ1) is 8.66. The lowest BCUT2D eigenvalue weighted by molar-refractivity contribution is 0.133. The number of rotatable bonds is 4. The van der Waals surface area contributed by atoms with E-state index in [0.717, 1.165) is 6.54 Å². The molecule has 3 nitrogen and oxygen atoms in total. The van der Waals surface area contributed by atoms with Crippen LogP contribution in [-0.2, 0) is 0 Å². The minimum atomic E-state index is 0.144. The summed E-state index contributed by atoms with van der Waals surface area (Å²) < 4.78 is 0.